The Labute approximate surface area is 104 Å². The smallest absolute Gasteiger partial charge is 0.223 e. The average molecular weight is 242 g/mol. The first kappa shape index (κ1) is 14.5. The Morgan fingerprint density at radius 2 is 2.06 bits per heavy atom. The van der Waals surface area contributed by atoms with Crippen LogP contribution in [0.25, 0.3) is 0 Å². The zero-order chi connectivity index (χ0) is 12.5. The summed E-state index contributed by atoms with van der Waals surface area (Å²) >= 11 is 0. The molecule has 0 unspecified atom stereocenters. The molecule has 100 valence electrons. The lowest BCUT2D eigenvalue weighted by atomic mass is 9.81. The van der Waals surface area contributed by atoms with Crippen molar-refractivity contribution in [2.45, 2.75) is 39.0 Å². The Morgan fingerprint density at radius 3 is 2.65 bits per heavy atom. The number of rotatable bonds is 7. The largest absolute Gasteiger partial charge is 0.382 e. The molecule has 0 aliphatic heterocycles. The van der Waals surface area contributed by atoms with Crippen LogP contribution >= 0.6 is 0 Å². The molecule has 0 bridgehead atoms. The number of hydrogen-bond acceptors (Lipinski definition) is 3. The topological polar surface area (TPSA) is 64.3 Å². The number of hydrogen-bond donors (Lipinski definition) is 2. The van der Waals surface area contributed by atoms with Crippen molar-refractivity contribution in [3.05, 3.63) is 0 Å². The van der Waals surface area contributed by atoms with Gasteiger partial charge in [0.05, 0.1) is 0 Å². The molecule has 4 heteroatoms. The summed E-state index contributed by atoms with van der Waals surface area (Å²) in [6.07, 6.45) is 5.11. The van der Waals surface area contributed by atoms with Gasteiger partial charge in [-0.2, -0.15) is 0 Å². The zero-order valence-electron chi connectivity index (χ0n) is 10.9. The van der Waals surface area contributed by atoms with Gasteiger partial charge in [-0.25, -0.2) is 0 Å². The second-order valence-electron chi connectivity index (χ2n) is 4.79. The van der Waals surface area contributed by atoms with E-state index in [1.807, 2.05) is 6.92 Å². The van der Waals surface area contributed by atoms with Gasteiger partial charge in [0.1, 0.15) is 0 Å². The van der Waals surface area contributed by atoms with Crippen LogP contribution in [-0.2, 0) is 9.53 Å². The Kier molecular flexibility index (Phi) is 7.21. The number of nitrogens with two attached hydrogens (primary N) is 1. The molecule has 4 nitrogen and oxygen atoms in total. The number of ether oxygens (including phenoxy) is 1. The van der Waals surface area contributed by atoms with Crippen molar-refractivity contribution in [1.29, 1.82) is 0 Å². The molecule has 0 radical (unpaired) electrons. The molecule has 0 atom stereocenters. The van der Waals surface area contributed by atoms with Gasteiger partial charge in [-0.05, 0) is 51.5 Å². The molecule has 1 rings (SSSR count). The van der Waals surface area contributed by atoms with Crippen LogP contribution in [0.4, 0.5) is 0 Å². The first-order chi connectivity index (χ1) is 8.27. The van der Waals surface area contributed by atoms with Gasteiger partial charge < -0.3 is 15.8 Å². The predicted octanol–water partition coefficient (Wildman–Crippen LogP) is 1.29. The summed E-state index contributed by atoms with van der Waals surface area (Å²) in [5, 5.41) is 2.99. The highest BCUT2D eigenvalue weighted by molar-refractivity contribution is 5.78. The van der Waals surface area contributed by atoms with Crippen LogP contribution in [-0.4, -0.2) is 32.2 Å². The van der Waals surface area contributed by atoms with E-state index >= 15 is 0 Å². The normalized spacial score (nSPS) is 24.6. The summed E-state index contributed by atoms with van der Waals surface area (Å²) in [5.41, 5.74) is 5.64. The SMILES string of the molecule is CCOCCCNC(=O)C1CCC(CN)CC1. The summed E-state index contributed by atoms with van der Waals surface area (Å²) < 4.78 is 5.22. The molecule has 0 aromatic carbocycles. The molecule has 1 aliphatic carbocycles. The van der Waals surface area contributed by atoms with E-state index in [0.717, 1.165) is 58.4 Å². The van der Waals surface area contributed by atoms with Crippen molar-refractivity contribution in [3.63, 3.8) is 0 Å². The zero-order valence-corrected chi connectivity index (χ0v) is 10.9. The molecule has 1 aliphatic rings. The summed E-state index contributed by atoms with van der Waals surface area (Å²) in [6.45, 7) is 4.96. The summed E-state index contributed by atoms with van der Waals surface area (Å²) in [5.74, 6) is 1.07. The molecular weight excluding hydrogens is 216 g/mol. The Balaban J connectivity index is 2.08. The van der Waals surface area contributed by atoms with E-state index in [9.17, 15) is 4.79 Å². The van der Waals surface area contributed by atoms with Gasteiger partial charge in [0.15, 0.2) is 0 Å². The van der Waals surface area contributed by atoms with Gasteiger partial charge in [-0.3, -0.25) is 4.79 Å². The van der Waals surface area contributed by atoms with E-state index in [4.69, 9.17) is 10.5 Å². The molecule has 17 heavy (non-hydrogen) atoms. The Hall–Kier alpha value is -0.610. The van der Waals surface area contributed by atoms with Crippen molar-refractivity contribution in [3.8, 4) is 0 Å². The molecular formula is C13H26N2O2. The molecule has 3 N–H and O–H groups in total. The van der Waals surface area contributed by atoms with E-state index < -0.39 is 0 Å². The minimum atomic E-state index is 0.213. The molecule has 0 heterocycles. The number of nitrogens with one attached hydrogen (secondary N) is 1. The molecule has 1 fully saturated rings. The van der Waals surface area contributed by atoms with Crippen LogP contribution in [0.5, 0.6) is 0 Å². The monoisotopic (exact) mass is 242 g/mol. The number of carbonyl (C=O) groups is 1. The van der Waals surface area contributed by atoms with Crippen LogP contribution in [0.2, 0.25) is 0 Å². The minimum absolute atomic E-state index is 0.213. The van der Waals surface area contributed by atoms with Crippen molar-refractivity contribution in [2.24, 2.45) is 17.6 Å². The summed E-state index contributed by atoms with van der Waals surface area (Å²) in [4.78, 5) is 11.8. The highest BCUT2D eigenvalue weighted by atomic mass is 16.5. The molecule has 0 spiro atoms. The summed E-state index contributed by atoms with van der Waals surface area (Å²) in [7, 11) is 0. The maximum atomic E-state index is 11.8. The van der Waals surface area contributed by atoms with Gasteiger partial charge in [0.2, 0.25) is 5.91 Å². The maximum absolute atomic E-state index is 11.8. The second kappa shape index (κ2) is 8.48. The van der Waals surface area contributed by atoms with Crippen molar-refractivity contribution in [1.82, 2.24) is 5.32 Å². The van der Waals surface area contributed by atoms with Crippen molar-refractivity contribution in [2.75, 3.05) is 26.3 Å². The third-order valence-corrected chi connectivity index (χ3v) is 3.52. The van der Waals surface area contributed by atoms with Gasteiger partial charge in [-0.1, -0.05) is 0 Å². The fourth-order valence-corrected chi connectivity index (χ4v) is 2.33. The predicted molar refractivity (Wildman–Crippen MR) is 68.6 cm³/mol. The minimum Gasteiger partial charge on any atom is -0.382 e. The summed E-state index contributed by atoms with van der Waals surface area (Å²) in [6, 6.07) is 0. The van der Waals surface area contributed by atoms with E-state index in [2.05, 4.69) is 5.32 Å². The molecule has 1 amide bonds. The average Bonchev–Trinajstić information content (AvgIpc) is 2.38. The van der Waals surface area contributed by atoms with Gasteiger partial charge >= 0.3 is 0 Å². The van der Waals surface area contributed by atoms with Gasteiger partial charge in [-0.15, -0.1) is 0 Å². The molecule has 1 saturated carbocycles. The first-order valence-corrected chi connectivity index (χ1v) is 6.83. The van der Waals surface area contributed by atoms with Gasteiger partial charge in [0, 0.05) is 25.7 Å². The van der Waals surface area contributed by atoms with Crippen LogP contribution < -0.4 is 11.1 Å². The van der Waals surface area contributed by atoms with E-state index in [1.165, 1.54) is 0 Å². The third kappa shape index (κ3) is 5.50. The highest BCUT2D eigenvalue weighted by Crippen LogP contribution is 2.27. The lowest BCUT2D eigenvalue weighted by Crippen LogP contribution is -2.35. The molecule has 0 aromatic rings. The standard InChI is InChI=1S/C13H26N2O2/c1-2-17-9-3-8-15-13(16)12-6-4-11(10-14)5-7-12/h11-12H,2-10,14H2,1H3,(H,15,16). The lowest BCUT2D eigenvalue weighted by Gasteiger charge is -2.26. The van der Waals surface area contributed by atoms with Crippen LogP contribution in [0.15, 0.2) is 0 Å². The van der Waals surface area contributed by atoms with Crippen molar-refractivity contribution < 1.29 is 9.53 Å². The number of amides is 1. The fraction of sp³-hybridized carbons (Fsp3) is 0.923. The first-order valence-electron chi connectivity index (χ1n) is 6.83. The van der Waals surface area contributed by atoms with Gasteiger partial charge in [0.25, 0.3) is 0 Å². The van der Waals surface area contributed by atoms with E-state index in [0.29, 0.717) is 5.92 Å². The van der Waals surface area contributed by atoms with Crippen LogP contribution in [0.3, 0.4) is 0 Å². The molecule has 0 saturated heterocycles. The highest BCUT2D eigenvalue weighted by Gasteiger charge is 2.25. The lowest BCUT2D eigenvalue weighted by molar-refractivity contribution is -0.126. The molecule has 0 aromatic heterocycles. The Bertz CT molecular complexity index is 213. The van der Waals surface area contributed by atoms with E-state index in [1.54, 1.807) is 0 Å². The van der Waals surface area contributed by atoms with Crippen LogP contribution in [0, 0.1) is 11.8 Å². The maximum Gasteiger partial charge on any atom is 0.223 e. The Morgan fingerprint density at radius 1 is 1.35 bits per heavy atom. The third-order valence-electron chi connectivity index (χ3n) is 3.52. The quantitative estimate of drug-likeness (QED) is 0.661. The van der Waals surface area contributed by atoms with E-state index in [-0.39, 0.29) is 11.8 Å². The fourth-order valence-electron chi connectivity index (χ4n) is 2.33. The van der Waals surface area contributed by atoms with Crippen LogP contribution in [0.1, 0.15) is 39.0 Å². The number of carbonyl (C=O) groups excluding carboxylic acids is 1. The van der Waals surface area contributed by atoms with Crippen molar-refractivity contribution >= 4 is 5.91 Å². The second-order valence-corrected chi connectivity index (χ2v) is 4.79.